The molecule has 2 aromatic rings. The van der Waals surface area contributed by atoms with Crippen LogP contribution in [-0.2, 0) is 5.54 Å². The van der Waals surface area contributed by atoms with Crippen molar-refractivity contribution in [3.05, 3.63) is 65.7 Å². The molecule has 2 rings (SSSR count). The molecule has 0 saturated heterocycles. The number of aliphatic hydroxyl groups is 1. The molecule has 20 heavy (non-hydrogen) atoms. The summed E-state index contributed by atoms with van der Waals surface area (Å²) in [6.45, 7) is 2.16. The number of aliphatic hydroxyl groups excluding tert-OH is 1. The second-order valence-electron chi connectivity index (χ2n) is 4.96. The zero-order valence-corrected chi connectivity index (χ0v) is 12.8. The molecule has 0 aliphatic heterocycles. The second-order valence-corrected chi connectivity index (χ2v) is 6.01. The van der Waals surface area contributed by atoms with Gasteiger partial charge in [0.25, 0.3) is 0 Å². The molecule has 0 aromatic heterocycles. The van der Waals surface area contributed by atoms with Gasteiger partial charge < -0.3 is 10.4 Å². The zero-order chi connectivity index (χ0) is 14.4. The van der Waals surface area contributed by atoms with Crippen LogP contribution in [0.2, 0.25) is 0 Å². The van der Waals surface area contributed by atoms with Crippen LogP contribution in [0.15, 0.2) is 59.5 Å². The maximum atomic E-state index is 9.88. The molecule has 1 unspecified atom stereocenters. The van der Waals surface area contributed by atoms with E-state index in [1.807, 2.05) is 25.2 Å². The SMILES string of the molecule is CNC(CO)(CSc1ccc(C)cc1)c1ccccc1. The molecular weight excluding hydrogens is 266 g/mol. The van der Waals surface area contributed by atoms with Crippen molar-refractivity contribution in [2.45, 2.75) is 17.4 Å². The average Bonchev–Trinajstić information content (AvgIpc) is 2.51. The topological polar surface area (TPSA) is 32.3 Å². The predicted molar refractivity (Wildman–Crippen MR) is 86.2 cm³/mol. The molecule has 3 heteroatoms. The van der Waals surface area contributed by atoms with Crippen LogP contribution in [0, 0.1) is 6.92 Å². The van der Waals surface area contributed by atoms with Gasteiger partial charge in [-0.25, -0.2) is 0 Å². The van der Waals surface area contributed by atoms with Crippen molar-refractivity contribution in [1.29, 1.82) is 0 Å². The number of hydrogen-bond donors (Lipinski definition) is 2. The Bertz CT molecular complexity index is 520. The molecule has 0 bridgehead atoms. The molecule has 0 saturated carbocycles. The lowest BCUT2D eigenvalue weighted by Crippen LogP contribution is -2.45. The van der Waals surface area contributed by atoms with Crippen LogP contribution in [0.5, 0.6) is 0 Å². The van der Waals surface area contributed by atoms with E-state index in [0.29, 0.717) is 0 Å². The minimum Gasteiger partial charge on any atom is -0.394 e. The van der Waals surface area contributed by atoms with Crippen LogP contribution in [0.1, 0.15) is 11.1 Å². The minimum absolute atomic E-state index is 0.0758. The number of nitrogens with one attached hydrogen (secondary N) is 1. The van der Waals surface area contributed by atoms with Crippen molar-refractivity contribution in [3.8, 4) is 0 Å². The van der Waals surface area contributed by atoms with E-state index in [4.69, 9.17) is 0 Å². The number of aryl methyl sites for hydroxylation is 1. The van der Waals surface area contributed by atoms with E-state index in [-0.39, 0.29) is 6.61 Å². The first-order chi connectivity index (χ1) is 9.70. The highest BCUT2D eigenvalue weighted by Crippen LogP contribution is 2.29. The molecule has 2 nitrogen and oxygen atoms in total. The summed E-state index contributed by atoms with van der Waals surface area (Å²) in [7, 11) is 1.90. The smallest absolute Gasteiger partial charge is 0.0761 e. The van der Waals surface area contributed by atoms with Gasteiger partial charge in [-0.05, 0) is 31.7 Å². The third-order valence-electron chi connectivity index (χ3n) is 3.58. The molecule has 0 aliphatic rings. The van der Waals surface area contributed by atoms with Crippen LogP contribution in [0.4, 0.5) is 0 Å². The van der Waals surface area contributed by atoms with E-state index in [1.165, 1.54) is 10.5 Å². The Kier molecular flexibility index (Phi) is 5.24. The monoisotopic (exact) mass is 287 g/mol. The number of benzene rings is 2. The molecule has 1 atom stereocenters. The highest BCUT2D eigenvalue weighted by Gasteiger charge is 2.29. The van der Waals surface area contributed by atoms with E-state index in [9.17, 15) is 5.11 Å². The normalized spacial score (nSPS) is 13.9. The summed E-state index contributed by atoms with van der Waals surface area (Å²) in [5, 5.41) is 13.2. The second kappa shape index (κ2) is 6.93. The Morgan fingerprint density at radius 2 is 1.70 bits per heavy atom. The van der Waals surface area contributed by atoms with Gasteiger partial charge in [-0.1, -0.05) is 48.0 Å². The summed E-state index contributed by atoms with van der Waals surface area (Å²) < 4.78 is 0. The largest absolute Gasteiger partial charge is 0.394 e. The van der Waals surface area contributed by atoms with Gasteiger partial charge in [0.15, 0.2) is 0 Å². The van der Waals surface area contributed by atoms with Gasteiger partial charge in [-0.3, -0.25) is 0 Å². The minimum atomic E-state index is -0.406. The van der Waals surface area contributed by atoms with Gasteiger partial charge in [-0.2, -0.15) is 0 Å². The standard InChI is InChI=1S/C17H21NOS/c1-14-8-10-16(11-9-14)20-13-17(12-19,18-2)15-6-4-3-5-7-15/h3-11,18-19H,12-13H2,1-2H3. The average molecular weight is 287 g/mol. The van der Waals surface area contributed by atoms with E-state index in [0.717, 1.165) is 11.3 Å². The van der Waals surface area contributed by atoms with Gasteiger partial charge in [0.1, 0.15) is 0 Å². The summed E-state index contributed by atoms with van der Waals surface area (Å²) in [4.78, 5) is 1.22. The summed E-state index contributed by atoms with van der Waals surface area (Å²) in [6, 6.07) is 18.6. The van der Waals surface area contributed by atoms with Crippen molar-refractivity contribution in [2.24, 2.45) is 0 Å². The van der Waals surface area contributed by atoms with Crippen LogP contribution in [0.3, 0.4) is 0 Å². The summed E-state index contributed by atoms with van der Waals surface area (Å²) in [5.74, 6) is 0.785. The first-order valence-electron chi connectivity index (χ1n) is 6.75. The lowest BCUT2D eigenvalue weighted by molar-refractivity contribution is 0.187. The van der Waals surface area contributed by atoms with Gasteiger partial charge >= 0.3 is 0 Å². The number of thioether (sulfide) groups is 1. The quantitative estimate of drug-likeness (QED) is 0.800. The van der Waals surface area contributed by atoms with Crippen LogP contribution < -0.4 is 5.32 Å². The Balaban J connectivity index is 2.15. The molecule has 2 aromatic carbocycles. The molecule has 0 radical (unpaired) electrons. The van der Waals surface area contributed by atoms with E-state index in [1.54, 1.807) is 11.8 Å². The number of hydrogen-bond acceptors (Lipinski definition) is 3. The Hall–Kier alpha value is -1.29. The molecule has 2 N–H and O–H groups in total. The molecule has 0 spiro atoms. The summed E-state index contributed by atoms with van der Waals surface area (Å²) >= 11 is 1.76. The van der Waals surface area contributed by atoms with Crippen molar-refractivity contribution in [2.75, 3.05) is 19.4 Å². The molecule has 0 heterocycles. The summed E-state index contributed by atoms with van der Waals surface area (Å²) in [6.07, 6.45) is 0. The van der Waals surface area contributed by atoms with Crippen molar-refractivity contribution in [3.63, 3.8) is 0 Å². The molecule has 106 valence electrons. The fraction of sp³-hybridized carbons (Fsp3) is 0.294. The molecule has 0 fully saturated rings. The zero-order valence-electron chi connectivity index (χ0n) is 12.0. The van der Waals surface area contributed by atoms with Crippen LogP contribution >= 0.6 is 11.8 Å². The highest BCUT2D eigenvalue weighted by molar-refractivity contribution is 7.99. The first-order valence-corrected chi connectivity index (χ1v) is 7.73. The van der Waals surface area contributed by atoms with E-state index < -0.39 is 5.54 Å². The number of rotatable bonds is 6. The molecular formula is C17H21NOS. The third kappa shape index (κ3) is 3.42. The van der Waals surface area contributed by atoms with Gasteiger partial charge in [0.2, 0.25) is 0 Å². The Labute approximate surface area is 125 Å². The van der Waals surface area contributed by atoms with Gasteiger partial charge in [0.05, 0.1) is 12.1 Å². The van der Waals surface area contributed by atoms with Crippen LogP contribution in [-0.4, -0.2) is 24.5 Å². The fourth-order valence-electron chi connectivity index (χ4n) is 2.11. The Morgan fingerprint density at radius 3 is 2.25 bits per heavy atom. The van der Waals surface area contributed by atoms with Crippen molar-refractivity contribution >= 4 is 11.8 Å². The maximum absolute atomic E-state index is 9.88. The lowest BCUT2D eigenvalue weighted by atomic mass is 9.93. The van der Waals surface area contributed by atoms with Gasteiger partial charge in [0, 0.05) is 10.6 Å². The van der Waals surface area contributed by atoms with E-state index in [2.05, 4.69) is 48.6 Å². The maximum Gasteiger partial charge on any atom is 0.0761 e. The van der Waals surface area contributed by atoms with Crippen molar-refractivity contribution in [1.82, 2.24) is 5.32 Å². The molecule has 0 amide bonds. The number of likely N-dealkylation sites (N-methyl/N-ethyl adjacent to an activating group) is 1. The summed E-state index contributed by atoms with van der Waals surface area (Å²) in [5.41, 5.74) is 1.97. The van der Waals surface area contributed by atoms with Crippen LogP contribution in [0.25, 0.3) is 0 Å². The van der Waals surface area contributed by atoms with Crippen molar-refractivity contribution < 1.29 is 5.11 Å². The predicted octanol–water partition coefficient (Wildman–Crippen LogP) is 3.19. The fourth-order valence-corrected chi connectivity index (χ4v) is 3.26. The van der Waals surface area contributed by atoms with E-state index >= 15 is 0 Å². The van der Waals surface area contributed by atoms with Gasteiger partial charge in [-0.15, -0.1) is 11.8 Å². The first kappa shape index (κ1) is 15.1. The Morgan fingerprint density at radius 1 is 1.05 bits per heavy atom. The lowest BCUT2D eigenvalue weighted by Gasteiger charge is -2.32. The molecule has 0 aliphatic carbocycles. The highest BCUT2D eigenvalue weighted by atomic mass is 32.2. The third-order valence-corrected chi connectivity index (χ3v) is 4.82.